The Labute approximate surface area is 92.8 Å². The van der Waals surface area contributed by atoms with E-state index in [4.69, 9.17) is 11.6 Å². The Hall–Kier alpha value is -1.06. The zero-order chi connectivity index (χ0) is 10.3. The first kappa shape index (κ1) is 9.19. The Kier molecular flexibility index (Phi) is 2.15. The first-order chi connectivity index (χ1) is 7.34. The van der Waals surface area contributed by atoms with Crippen LogP contribution in [0.15, 0.2) is 18.2 Å². The molecule has 3 nitrogen and oxygen atoms in total. The topological polar surface area (TPSA) is 40.7 Å². The Bertz CT molecular complexity index is 486. The number of benzene rings is 1. The summed E-state index contributed by atoms with van der Waals surface area (Å²) in [6.45, 7) is 2.18. The van der Waals surface area contributed by atoms with E-state index in [9.17, 15) is 0 Å². The highest BCUT2D eigenvalue weighted by molar-refractivity contribution is 6.34. The van der Waals surface area contributed by atoms with E-state index < -0.39 is 0 Å². The molecule has 2 heterocycles. The minimum absolute atomic E-state index is 0.625. The third kappa shape index (κ3) is 1.52. The molecule has 2 N–H and O–H groups in total. The molecule has 1 aromatic carbocycles. The molecule has 78 valence electrons. The van der Waals surface area contributed by atoms with Crippen molar-refractivity contribution in [3.8, 4) is 0 Å². The largest absolute Gasteiger partial charge is 0.316 e. The summed E-state index contributed by atoms with van der Waals surface area (Å²) in [5.41, 5.74) is 2.30. The Balaban J connectivity index is 2.08. The second-order valence-corrected chi connectivity index (χ2v) is 4.38. The van der Waals surface area contributed by atoms with E-state index in [1.807, 2.05) is 6.07 Å². The second-order valence-electron chi connectivity index (χ2n) is 4.00. The lowest BCUT2D eigenvalue weighted by atomic mass is 9.97. The monoisotopic (exact) mass is 221 g/mol. The number of nitrogens with zero attached hydrogens (tertiary/aromatic N) is 1. The first-order valence-electron chi connectivity index (χ1n) is 5.19. The molecule has 0 aliphatic carbocycles. The van der Waals surface area contributed by atoms with Gasteiger partial charge in [-0.2, -0.15) is 5.10 Å². The molecule has 1 aliphatic heterocycles. The van der Waals surface area contributed by atoms with E-state index in [2.05, 4.69) is 27.6 Å². The van der Waals surface area contributed by atoms with Gasteiger partial charge in [0, 0.05) is 11.9 Å². The summed E-state index contributed by atoms with van der Waals surface area (Å²) >= 11 is 6.02. The van der Waals surface area contributed by atoms with Crippen molar-refractivity contribution < 1.29 is 0 Å². The quantitative estimate of drug-likeness (QED) is 0.776. The van der Waals surface area contributed by atoms with Crippen LogP contribution in [0.25, 0.3) is 10.9 Å². The van der Waals surface area contributed by atoms with Crippen LogP contribution in [0.5, 0.6) is 0 Å². The summed E-state index contributed by atoms with van der Waals surface area (Å²) in [6, 6.07) is 6.33. The van der Waals surface area contributed by atoms with Crippen LogP contribution in [0.2, 0.25) is 5.15 Å². The van der Waals surface area contributed by atoms with Crippen molar-refractivity contribution in [3.05, 3.63) is 28.9 Å². The van der Waals surface area contributed by atoms with Crippen molar-refractivity contribution in [2.75, 3.05) is 13.1 Å². The number of aromatic nitrogens is 2. The number of nitrogens with one attached hydrogen (secondary N) is 2. The fraction of sp³-hybridized carbons (Fsp3) is 0.364. The van der Waals surface area contributed by atoms with Crippen LogP contribution < -0.4 is 5.32 Å². The summed E-state index contributed by atoms with van der Waals surface area (Å²) in [6.07, 6.45) is 1.21. The Morgan fingerprint density at radius 3 is 3.13 bits per heavy atom. The zero-order valence-electron chi connectivity index (χ0n) is 8.26. The van der Waals surface area contributed by atoms with Crippen LogP contribution in [0, 0.1) is 0 Å². The Morgan fingerprint density at radius 2 is 2.33 bits per heavy atom. The minimum atomic E-state index is 0.625. The number of aromatic amines is 1. The third-order valence-electron chi connectivity index (χ3n) is 3.06. The van der Waals surface area contributed by atoms with Crippen molar-refractivity contribution in [3.63, 3.8) is 0 Å². The molecular formula is C11H12ClN3. The van der Waals surface area contributed by atoms with E-state index in [-0.39, 0.29) is 0 Å². The van der Waals surface area contributed by atoms with Gasteiger partial charge in [-0.1, -0.05) is 17.7 Å². The third-order valence-corrected chi connectivity index (χ3v) is 3.35. The fourth-order valence-electron chi connectivity index (χ4n) is 2.19. The van der Waals surface area contributed by atoms with Gasteiger partial charge in [-0.15, -0.1) is 0 Å². The summed E-state index contributed by atoms with van der Waals surface area (Å²) in [5, 5.41) is 11.9. The number of halogens is 1. The zero-order valence-corrected chi connectivity index (χ0v) is 9.01. The summed E-state index contributed by atoms with van der Waals surface area (Å²) in [7, 11) is 0. The van der Waals surface area contributed by atoms with Gasteiger partial charge in [0.25, 0.3) is 0 Å². The van der Waals surface area contributed by atoms with E-state index in [1.165, 1.54) is 12.0 Å². The lowest BCUT2D eigenvalue weighted by Crippen LogP contribution is -2.07. The van der Waals surface area contributed by atoms with Crippen LogP contribution in [-0.4, -0.2) is 23.3 Å². The van der Waals surface area contributed by atoms with Crippen molar-refractivity contribution in [1.82, 2.24) is 15.5 Å². The highest BCUT2D eigenvalue weighted by Crippen LogP contribution is 2.28. The Morgan fingerprint density at radius 1 is 1.40 bits per heavy atom. The highest BCUT2D eigenvalue weighted by Gasteiger charge is 2.17. The predicted octanol–water partition coefficient (Wildman–Crippen LogP) is 2.29. The molecule has 1 aromatic heterocycles. The van der Waals surface area contributed by atoms with Gasteiger partial charge in [0.2, 0.25) is 0 Å². The van der Waals surface area contributed by atoms with Crippen LogP contribution in [0.4, 0.5) is 0 Å². The van der Waals surface area contributed by atoms with E-state index in [0.717, 1.165) is 24.0 Å². The smallest absolute Gasteiger partial charge is 0.132 e. The van der Waals surface area contributed by atoms with Crippen LogP contribution >= 0.6 is 11.6 Å². The fourth-order valence-corrected chi connectivity index (χ4v) is 2.38. The molecule has 0 spiro atoms. The number of hydrogen-bond donors (Lipinski definition) is 2. The molecule has 0 radical (unpaired) electrons. The maximum Gasteiger partial charge on any atom is 0.132 e. The van der Waals surface area contributed by atoms with Crippen LogP contribution in [-0.2, 0) is 0 Å². The van der Waals surface area contributed by atoms with Crippen molar-refractivity contribution in [2.24, 2.45) is 0 Å². The van der Waals surface area contributed by atoms with Gasteiger partial charge >= 0.3 is 0 Å². The molecule has 0 bridgehead atoms. The van der Waals surface area contributed by atoms with Crippen LogP contribution in [0.3, 0.4) is 0 Å². The molecule has 15 heavy (non-hydrogen) atoms. The van der Waals surface area contributed by atoms with E-state index >= 15 is 0 Å². The van der Waals surface area contributed by atoms with Crippen molar-refractivity contribution >= 4 is 22.5 Å². The van der Waals surface area contributed by atoms with Crippen molar-refractivity contribution in [2.45, 2.75) is 12.3 Å². The maximum atomic E-state index is 6.02. The summed E-state index contributed by atoms with van der Waals surface area (Å²) < 4.78 is 0. The van der Waals surface area contributed by atoms with Gasteiger partial charge in [0.1, 0.15) is 5.15 Å². The van der Waals surface area contributed by atoms with Gasteiger partial charge < -0.3 is 5.32 Å². The lowest BCUT2D eigenvalue weighted by molar-refractivity contribution is 0.765. The van der Waals surface area contributed by atoms with Gasteiger partial charge in [-0.3, -0.25) is 5.10 Å². The second kappa shape index (κ2) is 3.51. The van der Waals surface area contributed by atoms with E-state index in [0.29, 0.717) is 11.1 Å². The molecule has 0 saturated carbocycles. The molecule has 2 aromatic rings. The molecular weight excluding hydrogens is 210 g/mol. The van der Waals surface area contributed by atoms with Gasteiger partial charge in [-0.05, 0) is 36.6 Å². The molecule has 0 amide bonds. The van der Waals surface area contributed by atoms with Gasteiger partial charge in [-0.25, -0.2) is 0 Å². The van der Waals surface area contributed by atoms with Gasteiger partial charge in [0.15, 0.2) is 0 Å². The maximum absolute atomic E-state index is 6.02. The average Bonchev–Trinajstić information content (AvgIpc) is 2.88. The normalized spacial score (nSPS) is 21.3. The molecule has 1 atom stereocenters. The number of fused-ring (bicyclic) bond motifs is 1. The van der Waals surface area contributed by atoms with Crippen LogP contribution in [0.1, 0.15) is 17.9 Å². The lowest BCUT2D eigenvalue weighted by Gasteiger charge is -2.07. The molecule has 1 unspecified atom stereocenters. The SMILES string of the molecule is Clc1[nH]nc2ccc(C3CCNC3)cc12. The molecule has 1 fully saturated rings. The molecule has 3 rings (SSSR count). The first-order valence-corrected chi connectivity index (χ1v) is 5.56. The summed E-state index contributed by atoms with van der Waals surface area (Å²) in [4.78, 5) is 0. The van der Waals surface area contributed by atoms with Gasteiger partial charge in [0.05, 0.1) is 5.52 Å². The minimum Gasteiger partial charge on any atom is -0.316 e. The summed E-state index contributed by atoms with van der Waals surface area (Å²) in [5.74, 6) is 0.625. The standard InChI is InChI=1S/C11H12ClN3/c12-11-9-5-7(8-3-4-13-6-8)1-2-10(9)14-15-11/h1-2,5,8,13H,3-4,6H2,(H,14,15). The number of rotatable bonds is 1. The highest BCUT2D eigenvalue weighted by atomic mass is 35.5. The average molecular weight is 222 g/mol. The van der Waals surface area contributed by atoms with Crippen molar-refractivity contribution in [1.29, 1.82) is 0 Å². The number of H-pyrrole nitrogens is 1. The molecule has 1 aliphatic rings. The molecule has 1 saturated heterocycles. The predicted molar refractivity (Wildman–Crippen MR) is 61.3 cm³/mol. The van der Waals surface area contributed by atoms with E-state index in [1.54, 1.807) is 0 Å². The molecule has 4 heteroatoms. The number of hydrogen-bond acceptors (Lipinski definition) is 2.